The maximum Gasteiger partial charge on any atom is 0.262 e. The monoisotopic (exact) mass is 564 g/mol. The van der Waals surface area contributed by atoms with Crippen LogP contribution in [-0.4, -0.2) is 34.7 Å². The molecule has 11 heteroatoms. The molecular formula is C25H23Cl3N4O3S. The number of carbonyl (C=O) groups is 1. The van der Waals surface area contributed by atoms with E-state index in [-0.39, 0.29) is 11.0 Å². The summed E-state index contributed by atoms with van der Waals surface area (Å²) in [7, 11) is 0. The number of hydrogen-bond donors (Lipinski definition) is 2. The average molecular weight is 566 g/mol. The number of nitrogens with two attached hydrogens (primary N) is 1. The molecule has 1 aliphatic rings. The lowest BCUT2D eigenvalue weighted by Gasteiger charge is -2.25. The smallest absolute Gasteiger partial charge is 0.262 e. The van der Waals surface area contributed by atoms with Crippen LogP contribution in [0.25, 0.3) is 16.0 Å². The Balaban J connectivity index is 1.43. The Hall–Kier alpha value is -2.49. The number of ether oxygens (including phenoxy) is 2. The van der Waals surface area contributed by atoms with Gasteiger partial charge in [0.25, 0.3) is 5.91 Å². The maximum atomic E-state index is 12.3. The molecule has 0 spiro atoms. The number of nitrogens with one attached hydrogen (secondary N) is 1. The largest absolute Gasteiger partial charge is 0.489 e. The lowest BCUT2D eigenvalue weighted by atomic mass is 10.1. The van der Waals surface area contributed by atoms with Crippen molar-refractivity contribution < 1.29 is 14.3 Å². The topological polar surface area (TPSA) is 91.4 Å². The third kappa shape index (κ3) is 5.01. The molecule has 3 N–H and O–H groups in total. The molecule has 36 heavy (non-hydrogen) atoms. The van der Waals surface area contributed by atoms with E-state index in [9.17, 15) is 4.79 Å². The van der Waals surface area contributed by atoms with Crippen molar-refractivity contribution in [2.24, 2.45) is 5.73 Å². The first-order chi connectivity index (χ1) is 17.3. The molecule has 2 aromatic carbocycles. The fourth-order valence-corrected chi connectivity index (χ4v) is 5.77. The molecule has 1 fully saturated rings. The Labute approximate surface area is 227 Å². The first-order valence-electron chi connectivity index (χ1n) is 11.4. The molecule has 188 valence electrons. The van der Waals surface area contributed by atoms with Crippen LogP contribution in [0.5, 0.6) is 11.5 Å². The average Bonchev–Trinajstić information content (AvgIpc) is 3.45. The van der Waals surface area contributed by atoms with Crippen LogP contribution in [0.3, 0.4) is 0 Å². The zero-order valence-electron chi connectivity index (χ0n) is 19.3. The number of halogens is 3. The fourth-order valence-electron chi connectivity index (χ4n) is 4.20. The minimum Gasteiger partial charge on any atom is -0.489 e. The first kappa shape index (κ1) is 25.2. The van der Waals surface area contributed by atoms with E-state index in [0.717, 1.165) is 37.0 Å². The summed E-state index contributed by atoms with van der Waals surface area (Å²) in [5.74, 6) is 0.392. The van der Waals surface area contributed by atoms with Crippen LogP contribution in [0.1, 0.15) is 41.1 Å². The van der Waals surface area contributed by atoms with Crippen LogP contribution in [0.4, 0.5) is 0 Å². The van der Waals surface area contributed by atoms with E-state index in [2.05, 4.69) is 10.3 Å². The van der Waals surface area contributed by atoms with Crippen LogP contribution in [-0.2, 0) is 0 Å². The van der Waals surface area contributed by atoms with Gasteiger partial charge in [-0.1, -0.05) is 46.9 Å². The summed E-state index contributed by atoms with van der Waals surface area (Å²) in [4.78, 5) is 16.9. The second kappa shape index (κ2) is 10.5. The Kier molecular flexibility index (Phi) is 7.32. The summed E-state index contributed by atoms with van der Waals surface area (Å²) in [5, 5.41) is 5.34. The summed E-state index contributed by atoms with van der Waals surface area (Å²) in [6.07, 6.45) is 3.13. The van der Waals surface area contributed by atoms with Crippen molar-refractivity contribution in [2.45, 2.75) is 32.0 Å². The normalized spacial score (nSPS) is 15.2. The van der Waals surface area contributed by atoms with Crippen molar-refractivity contribution in [1.29, 1.82) is 0 Å². The van der Waals surface area contributed by atoms with Crippen molar-refractivity contribution in [3.8, 4) is 16.5 Å². The number of carbonyl (C=O) groups excluding carboxylic acids is 1. The fraction of sp³-hybridized carbons (Fsp3) is 0.280. The molecule has 2 aromatic heterocycles. The van der Waals surface area contributed by atoms with Gasteiger partial charge in [0.2, 0.25) is 0 Å². The number of fused-ring (bicyclic) bond motifs is 1. The maximum absolute atomic E-state index is 12.3. The summed E-state index contributed by atoms with van der Waals surface area (Å²) in [5.41, 5.74) is 7.85. The van der Waals surface area contributed by atoms with Crippen LogP contribution in [0, 0.1) is 0 Å². The summed E-state index contributed by atoms with van der Waals surface area (Å²) in [6, 6.07) is 10.8. The van der Waals surface area contributed by atoms with E-state index in [0.29, 0.717) is 37.1 Å². The number of thiophene rings is 1. The number of imidazole rings is 1. The zero-order chi connectivity index (χ0) is 25.4. The Morgan fingerprint density at radius 2 is 1.92 bits per heavy atom. The van der Waals surface area contributed by atoms with E-state index in [1.807, 2.05) is 29.7 Å². The van der Waals surface area contributed by atoms with Crippen LogP contribution >= 0.6 is 46.1 Å². The Bertz CT molecular complexity index is 1430. The number of hydrogen-bond acceptors (Lipinski definition) is 6. The minimum absolute atomic E-state index is 0.115. The molecule has 0 saturated carbocycles. The summed E-state index contributed by atoms with van der Waals surface area (Å²) in [6.45, 7) is 3.71. The molecule has 1 aliphatic heterocycles. The second-order valence-electron chi connectivity index (χ2n) is 8.50. The van der Waals surface area contributed by atoms with E-state index in [1.165, 1.54) is 11.3 Å². The number of primary amides is 1. The van der Waals surface area contributed by atoms with Crippen molar-refractivity contribution in [3.05, 3.63) is 68.2 Å². The lowest BCUT2D eigenvalue weighted by molar-refractivity contribution is 0.0998. The van der Waals surface area contributed by atoms with Crippen molar-refractivity contribution in [3.63, 3.8) is 0 Å². The molecule has 0 radical (unpaired) electrons. The highest BCUT2D eigenvalue weighted by Crippen LogP contribution is 2.39. The number of aromatic nitrogens is 2. The van der Waals surface area contributed by atoms with E-state index in [4.69, 9.17) is 50.0 Å². The van der Waals surface area contributed by atoms with E-state index >= 15 is 0 Å². The highest BCUT2D eigenvalue weighted by molar-refractivity contribution is 7.16. The highest BCUT2D eigenvalue weighted by atomic mass is 35.5. The number of piperidine rings is 1. The summed E-state index contributed by atoms with van der Waals surface area (Å²) < 4.78 is 14.2. The molecule has 3 heterocycles. The predicted molar refractivity (Wildman–Crippen MR) is 144 cm³/mol. The van der Waals surface area contributed by atoms with Gasteiger partial charge in [-0.2, -0.15) is 0 Å². The standard InChI is InChI=1S/C25H23Cl3N4O3S/c1-13(15-3-2-4-20(23(15)28)35-14-5-7-30-8-6-14)34-21-11-22(36-24(21)25(29)33)32-12-31-18-9-16(26)17(27)10-19(18)32/h2-4,9-14,30H,5-8H2,1H3,(H2,29,33)/t13-/m1/s1. The van der Waals surface area contributed by atoms with Gasteiger partial charge in [-0.05, 0) is 51.1 Å². The molecule has 4 aromatic rings. The quantitative estimate of drug-likeness (QED) is 0.270. The predicted octanol–water partition coefficient (Wildman–Crippen LogP) is 6.42. The van der Waals surface area contributed by atoms with Gasteiger partial charge in [-0.15, -0.1) is 11.3 Å². The van der Waals surface area contributed by atoms with Gasteiger partial charge in [0.05, 0.1) is 26.1 Å². The molecular weight excluding hydrogens is 543 g/mol. The molecule has 1 saturated heterocycles. The number of benzene rings is 2. The van der Waals surface area contributed by atoms with Gasteiger partial charge in [-0.3, -0.25) is 9.36 Å². The first-order valence-corrected chi connectivity index (χ1v) is 13.4. The van der Waals surface area contributed by atoms with Gasteiger partial charge >= 0.3 is 0 Å². The molecule has 5 rings (SSSR count). The third-order valence-corrected chi connectivity index (χ3v) is 8.31. The second-order valence-corrected chi connectivity index (χ2v) is 10.7. The van der Waals surface area contributed by atoms with Crippen LogP contribution in [0.2, 0.25) is 15.1 Å². The van der Waals surface area contributed by atoms with Crippen molar-refractivity contribution in [2.75, 3.05) is 13.1 Å². The molecule has 0 aliphatic carbocycles. The number of amides is 1. The molecule has 7 nitrogen and oxygen atoms in total. The molecule has 1 amide bonds. The number of rotatable bonds is 7. The number of nitrogens with zero attached hydrogens (tertiary/aromatic N) is 2. The van der Waals surface area contributed by atoms with Crippen LogP contribution < -0.4 is 20.5 Å². The van der Waals surface area contributed by atoms with Gasteiger partial charge in [0, 0.05) is 11.6 Å². The lowest BCUT2D eigenvalue weighted by Crippen LogP contribution is -2.34. The van der Waals surface area contributed by atoms with Crippen LogP contribution in [0.15, 0.2) is 42.7 Å². The Morgan fingerprint density at radius 1 is 1.17 bits per heavy atom. The van der Waals surface area contributed by atoms with E-state index < -0.39 is 12.0 Å². The molecule has 0 bridgehead atoms. The zero-order valence-corrected chi connectivity index (χ0v) is 22.3. The van der Waals surface area contributed by atoms with Gasteiger partial charge in [0.15, 0.2) is 0 Å². The minimum atomic E-state index is -0.590. The van der Waals surface area contributed by atoms with E-state index in [1.54, 1.807) is 24.5 Å². The van der Waals surface area contributed by atoms with Gasteiger partial charge < -0.3 is 20.5 Å². The SMILES string of the molecule is C[C@@H](Oc1cc(-n2cnc3cc(Cl)c(Cl)cc32)sc1C(N)=O)c1cccc(OC2CCNCC2)c1Cl. The summed E-state index contributed by atoms with van der Waals surface area (Å²) >= 11 is 20.3. The van der Waals surface area contributed by atoms with Gasteiger partial charge in [-0.25, -0.2) is 4.98 Å². The third-order valence-electron chi connectivity index (χ3n) is 6.05. The molecule has 0 unspecified atom stereocenters. The molecule has 1 atom stereocenters. The van der Waals surface area contributed by atoms with Gasteiger partial charge in [0.1, 0.15) is 39.9 Å². The highest BCUT2D eigenvalue weighted by Gasteiger charge is 2.23. The Morgan fingerprint density at radius 3 is 2.67 bits per heavy atom. The van der Waals surface area contributed by atoms with Crippen molar-refractivity contribution in [1.82, 2.24) is 14.9 Å². The van der Waals surface area contributed by atoms with Crippen molar-refractivity contribution >= 4 is 63.1 Å².